The van der Waals surface area contributed by atoms with E-state index in [9.17, 15) is 0 Å². The molecule has 0 saturated heterocycles. The average molecular weight is 257 g/mol. The minimum Gasteiger partial charge on any atom is -0.496 e. The van der Waals surface area contributed by atoms with Crippen molar-refractivity contribution in [3.63, 3.8) is 0 Å². The lowest BCUT2D eigenvalue weighted by molar-refractivity contribution is 0.402. The van der Waals surface area contributed by atoms with Crippen LogP contribution in [0.2, 0.25) is 0 Å². The Morgan fingerprint density at radius 2 is 2.32 bits per heavy atom. The summed E-state index contributed by atoms with van der Waals surface area (Å²) in [6.45, 7) is 3.97. The number of benzene rings is 1. The fourth-order valence-electron chi connectivity index (χ4n) is 2.88. The molecule has 0 saturated carbocycles. The minimum atomic E-state index is 0.210. The summed E-state index contributed by atoms with van der Waals surface area (Å²) in [4.78, 5) is 0. The van der Waals surface area contributed by atoms with Gasteiger partial charge in [-0.1, -0.05) is 12.1 Å². The van der Waals surface area contributed by atoms with Gasteiger partial charge in [-0.2, -0.15) is 5.10 Å². The fraction of sp³-hybridized carbons (Fsp3) is 0.400. The third-order valence-corrected chi connectivity index (χ3v) is 3.77. The van der Waals surface area contributed by atoms with Crippen molar-refractivity contribution in [1.29, 1.82) is 0 Å². The smallest absolute Gasteiger partial charge is 0.122 e. The summed E-state index contributed by atoms with van der Waals surface area (Å²) in [6, 6.07) is 8.58. The van der Waals surface area contributed by atoms with Crippen LogP contribution in [0.25, 0.3) is 0 Å². The van der Waals surface area contributed by atoms with E-state index in [0.29, 0.717) is 0 Å². The molecule has 1 aliphatic heterocycles. The van der Waals surface area contributed by atoms with Gasteiger partial charge in [0.15, 0.2) is 0 Å². The van der Waals surface area contributed by atoms with Gasteiger partial charge < -0.3 is 10.1 Å². The van der Waals surface area contributed by atoms with Gasteiger partial charge in [0.2, 0.25) is 0 Å². The van der Waals surface area contributed by atoms with Crippen LogP contribution in [-0.2, 0) is 13.0 Å². The Kier molecular flexibility index (Phi) is 3.25. The number of nitrogens with zero attached hydrogens (tertiary/aromatic N) is 2. The number of nitrogens with one attached hydrogen (secondary N) is 1. The molecule has 0 bridgehead atoms. The summed E-state index contributed by atoms with van der Waals surface area (Å²) in [6.07, 6.45) is 2.88. The number of ether oxygens (including phenoxy) is 1. The number of methoxy groups -OCH3 is 1. The second-order valence-corrected chi connectivity index (χ2v) is 4.74. The first-order chi connectivity index (χ1) is 9.35. The molecule has 0 radical (unpaired) electrons. The summed E-state index contributed by atoms with van der Waals surface area (Å²) in [5, 5.41) is 7.96. The first-order valence-corrected chi connectivity index (χ1v) is 6.76. The van der Waals surface area contributed by atoms with E-state index in [-0.39, 0.29) is 6.04 Å². The lowest BCUT2D eigenvalue weighted by Gasteiger charge is -2.28. The zero-order valence-electron chi connectivity index (χ0n) is 11.4. The van der Waals surface area contributed by atoms with E-state index in [2.05, 4.69) is 35.5 Å². The van der Waals surface area contributed by atoms with Gasteiger partial charge in [0.05, 0.1) is 18.8 Å². The van der Waals surface area contributed by atoms with E-state index < -0.39 is 0 Å². The van der Waals surface area contributed by atoms with Gasteiger partial charge in [-0.3, -0.25) is 4.68 Å². The highest BCUT2D eigenvalue weighted by Crippen LogP contribution is 2.33. The first kappa shape index (κ1) is 12.2. The minimum absolute atomic E-state index is 0.210. The molecule has 3 rings (SSSR count). The third-order valence-electron chi connectivity index (χ3n) is 3.77. The SMILES string of the molecule is CCn1nccc1C1NCCc2c(OC)cccc21. The molecular weight excluding hydrogens is 238 g/mol. The van der Waals surface area contributed by atoms with Crippen LogP contribution in [0.15, 0.2) is 30.5 Å². The highest BCUT2D eigenvalue weighted by atomic mass is 16.5. The lowest BCUT2D eigenvalue weighted by atomic mass is 9.91. The monoisotopic (exact) mass is 257 g/mol. The molecular formula is C15H19N3O. The van der Waals surface area contributed by atoms with Crippen LogP contribution in [0, 0.1) is 0 Å². The Balaban J connectivity index is 2.08. The van der Waals surface area contributed by atoms with Crippen LogP contribution in [0.5, 0.6) is 5.75 Å². The average Bonchev–Trinajstić information content (AvgIpc) is 2.94. The van der Waals surface area contributed by atoms with Crippen molar-refractivity contribution in [1.82, 2.24) is 15.1 Å². The lowest BCUT2D eigenvalue weighted by Crippen LogP contribution is -2.32. The number of hydrogen-bond acceptors (Lipinski definition) is 3. The molecule has 19 heavy (non-hydrogen) atoms. The molecule has 1 aromatic carbocycles. The van der Waals surface area contributed by atoms with Crippen molar-refractivity contribution < 1.29 is 4.74 Å². The molecule has 2 heterocycles. The predicted molar refractivity (Wildman–Crippen MR) is 74.4 cm³/mol. The summed E-state index contributed by atoms with van der Waals surface area (Å²) in [5.74, 6) is 0.992. The molecule has 1 unspecified atom stereocenters. The predicted octanol–water partition coefficient (Wildman–Crippen LogP) is 2.15. The molecule has 0 aliphatic carbocycles. The van der Waals surface area contributed by atoms with Gasteiger partial charge in [-0.05, 0) is 31.0 Å². The quantitative estimate of drug-likeness (QED) is 0.915. The Bertz CT molecular complexity index is 577. The number of rotatable bonds is 3. The van der Waals surface area contributed by atoms with E-state index in [4.69, 9.17) is 4.74 Å². The molecule has 1 aliphatic rings. The van der Waals surface area contributed by atoms with E-state index in [1.54, 1.807) is 7.11 Å². The maximum absolute atomic E-state index is 5.48. The molecule has 1 N–H and O–H groups in total. The van der Waals surface area contributed by atoms with E-state index in [1.165, 1.54) is 16.8 Å². The van der Waals surface area contributed by atoms with Crippen LogP contribution >= 0.6 is 0 Å². The molecule has 2 aromatic rings. The summed E-state index contributed by atoms with van der Waals surface area (Å²) in [7, 11) is 1.74. The van der Waals surface area contributed by atoms with E-state index in [0.717, 1.165) is 25.3 Å². The second kappa shape index (κ2) is 5.05. The molecule has 0 amide bonds. The van der Waals surface area contributed by atoms with Crippen molar-refractivity contribution in [3.8, 4) is 5.75 Å². The van der Waals surface area contributed by atoms with Gasteiger partial charge in [-0.15, -0.1) is 0 Å². The highest BCUT2D eigenvalue weighted by Gasteiger charge is 2.25. The Labute approximate surface area is 113 Å². The maximum atomic E-state index is 5.48. The van der Waals surface area contributed by atoms with Crippen molar-refractivity contribution in [2.75, 3.05) is 13.7 Å². The van der Waals surface area contributed by atoms with Crippen molar-refractivity contribution in [2.45, 2.75) is 25.9 Å². The third kappa shape index (κ3) is 2.02. The van der Waals surface area contributed by atoms with Crippen LogP contribution in [-0.4, -0.2) is 23.4 Å². The van der Waals surface area contributed by atoms with Crippen LogP contribution < -0.4 is 10.1 Å². The van der Waals surface area contributed by atoms with Crippen molar-refractivity contribution in [2.24, 2.45) is 0 Å². The normalized spacial score (nSPS) is 18.1. The molecule has 100 valence electrons. The number of fused-ring (bicyclic) bond motifs is 1. The Morgan fingerprint density at radius 3 is 3.11 bits per heavy atom. The first-order valence-electron chi connectivity index (χ1n) is 6.76. The molecule has 1 atom stereocenters. The summed E-state index contributed by atoms with van der Waals surface area (Å²) < 4.78 is 7.53. The molecule has 0 spiro atoms. The standard InChI is InChI=1S/C15H19N3O/c1-3-18-13(8-10-17-18)15-12-5-4-6-14(19-2)11(12)7-9-16-15/h4-6,8,10,15-16H,3,7,9H2,1-2H3. The fourth-order valence-corrected chi connectivity index (χ4v) is 2.88. The molecule has 1 aromatic heterocycles. The van der Waals surface area contributed by atoms with E-state index >= 15 is 0 Å². The van der Waals surface area contributed by atoms with E-state index in [1.807, 2.05) is 16.9 Å². The molecule has 4 nitrogen and oxygen atoms in total. The van der Waals surface area contributed by atoms with Gasteiger partial charge in [0.1, 0.15) is 5.75 Å². The van der Waals surface area contributed by atoms with Crippen molar-refractivity contribution >= 4 is 0 Å². The number of hydrogen-bond donors (Lipinski definition) is 1. The Hall–Kier alpha value is -1.81. The van der Waals surface area contributed by atoms with Crippen LogP contribution in [0.4, 0.5) is 0 Å². The zero-order valence-corrected chi connectivity index (χ0v) is 11.4. The molecule has 0 fully saturated rings. The van der Waals surface area contributed by atoms with Gasteiger partial charge in [0.25, 0.3) is 0 Å². The zero-order chi connectivity index (χ0) is 13.2. The topological polar surface area (TPSA) is 39.1 Å². The van der Waals surface area contributed by atoms with Crippen molar-refractivity contribution in [3.05, 3.63) is 47.3 Å². The van der Waals surface area contributed by atoms with Crippen LogP contribution in [0.3, 0.4) is 0 Å². The highest BCUT2D eigenvalue weighted by molar-refractivity contribution is 5.46. The van der Waals surface area contributed by atoms with Crippen LogP contribution in [0.1, 0.15) is 29.8 Å². The second-order valence-electron chi connectivity index (χ2n) is 4.74. The van der Waals surface area contributed by atoms with Gasteiger partial charge in [0, 0.05) is 24.8 Å². The van der Waals surface area contributed by atoms with Gasteiger partial charge in [-0.25, -0.2) is 0 Å². The summed E-state index contributed by atoms with van der Waals surface area (Å²) >= 11 is 0. The number of aryl methyl sites for hydroxylation is 1. The largest absolute Gasteiger partial charge is 0.496 e. The number of aromatic nitrogens is 2. The summed E-state index contributed by atoms with van der Waals surface area (Å²) in [5.41, 5.74) is 3.84. The molecule has 4 heteroatoms. The van der Waals surface area contributed by atoms with Gasteiger partial charge >= 0.3 is 0 Å². The maximum Gasteiger partial charge on any atom is 0.122 e. The Morgan fingerprint density at radius 1 is 1.42 bits per heavy atom.